The lowest BCUT2D eigenvalue weighted by Gasteiger charge is -2.55. The molecule has 2 aromatic carbocycles. The second-order valence-electron chi connectivity index (χ2n) is 14.8. The summed E-state index contributed by atoms with van der Waals surface area (Å²) in [5, 5.41) is 1.53. The number of primary amides is 1. The molecule has 5 heterocycles. The van der Waals surface area contributed by atoms with E-state index in [4.69, 9.17) is 28.9 Å². The topological polar surface area (TPSA) is 69.9 Å². The van der Waals surface area contributed by atoms with Gasteiger partial charge in [0.15, 0.2) is 6.54 Å². The quantitative estimate of drug-likeness (QED) is 0.260. The molecule has 2 amide bonds. The third kappa shape index (κ3) is 6.66. The number of aryl methyl sites for hydroxylation is 1. The Morgan fingerprint density at radius 2 is 1.48 bits per heavy atom. The van der Waals surface area contributed by atoms with Crippen LogP contribution >= 0.6 is 23.2 Å². The van der Waals surface area contributed by atoms with E-state index in [1.807, 2.05) is 17.0 Å². The highest BCUT2D eigenvalue weighted by Crippen LogP contribution is 2.41. The molecule has 1 saturated carbocycles. The van der Waals surface area contributed by atoms with E-state index in [-0.39, 0.29) is 17.9 Å². The van der Waals surface area contributed by atoms with Crippen molar-refractivity contribution in [3.05, 3.63) is 57.6 Å². The van der Waals surface area contributed by atoms with Gasteiger partial charge in [0.2, 0.25) is 5.91 Å². The number of halogens is 2. The molecule has 248 valence electrons. The molecule has 10 heteroatoms. The summed E-state index contributed by atoms with van der Waals surface area (Å²) >= 11 is 13.7. The number of benzene rings is 2. The number of rotatable bonds is 12. The van der Waals surface area contributed by atoms with Crippen molar-refractivity contribution in [2.24, 2.45) is 5.73 Å². The monoisotopic (exact) mass is 668 g/mol. The molecule has 1 atom stereocenters. The lowest BCUT2D eigenvalue weighted by Crippen LogP contribution is -2.76. The van der Waals surface area contributed by atoms with Gasteiger partial charge < -0.3 is 24.5 Å². The van der Waals surface area contributed by atoms with Crippen molar-refractivity contribution in [2.45, 2.75) is 70.0 Å². The smallest absolute Gasteiger partial charge is 0.272 e. The zero-order valence-corrected chi connectivity index (χ0v) is 28.7. The summed E-state index contributed by atoms with van der Waals surface area (Å²) in [7, 11) is 0. The molecule has 1 unspecified atom stereocenters. The number of anilines is 2. The van der Waals surface area contributed by atoms with Gasteiger partial charge in [0.1, 0.15) is 39.3 Å². The van der Waals surface area contributed by atoms with Crippen LogP contribution in [0, 0.1) is 0 Å². The normalized spacial score (nSPS) is 27.7. The second-order valence-corrected chi connectivity index (χ2v) is 15.6. The first-order valence-corrected chi connectivity index (χ1v) is 18.4. The Hall–Kier alpha value is -2.36. The van der Waals surface area contributed by atoms with Gasteiger partial charge in [0, 0.05) is 35.7 Å². The summed E-state index contributed by atoms with van der Waals surface area (Å²) in [6, 6.07) is 13.0. The number of unbranched alkanes of at least 4 members (excludes halogenated alkanes) is 2. The van der Waals surface area contributed by atoms with Crippen LogP contribution in [0.25, 0.3) is 0 Å². The molecule has 0 radical (unpaired) electrons. The number of quaternary nitrogens is 2. The van der Waals surface area contributed by atoms with Crippen LogP contribution in [0.4, 0.5) is 11.4 Å². The van der Waals surface area contributed by atoms with Crippen molar-refractivity contribution in [3.63, 3.8) is 0 Å². The number of fused-ring (bicyclic) bond motifs is 4. The zero-order chi connectivity index (χ0) is 31.9. The van der Waals surface area contributed by atoms with Gasteiger partial charge >= 0.3 is 0 Å². The number of likely N-dealkylation sites (tertiary alicyclic amines) is 1. The molecular weight excluding hydrogens is 619 g/mol. The Labute approximate surface area is 284 Å². The number of nitrogens with zero attached hydrogens (tertiary/aromatic N) is 5. The first kappa shape index (κ1) is 32.2. The van der Waals surface area contributed by atoms with E-state index in [0.29, 0.717) is 19.1 Å². The molecule has 0 spiro atoms. The maximum Gasteiger partial charge on any atom is 0.272 e. The van der Waals surface area contributed by atoms with Crippen molar-refractivity contribution in [3.8, 4) is 0 Å². The Morgan fingerprint density at radius 3 is 2.20 bits per heavy atom. The minimum atomic E-state index is -0.163. The van der Waals surface area contributed by atoms with Gasteiger partial charge in [-0.1, -0.05) is 35.3 Å². The maximum atomic E-state index is 14.0. The predicted octanol–water partition coefficient (Wildman–Crippen LogP) is 4.83. The molecule has 5 fully saturated rings. The summed E-state index contributed by atoms with van der Waals surface area (Å²) in [6.07, 6.45) is 8.79. The minimum Gasteiger partial charge on any atom is -0.365 e. The lowest BCUT2D eigenvalue weighted by atomic mass is 10.0. The van der Waals surface area contributed by atoms with Crippen LogP contribution < -0.4 is 15.5 Å². The number of nitrogens with two attached hydrogens (primary N) is 1. The van der Waals surface area contributed by atoms with E-state index in [1.54, 1.807) is 0 Å². The van der Waals surface area contributed by atoms with Crippen LogP contribution in [0.5, 0.6) is 0 Å². The van der Waals surface area contributed by atoms with E-state index >= 15 is 0 Å². The number of piperazine rings is 3. The van der Waals surface area contributed by atoms with Crippen LogP contribution in [0.1, 0.15) is 56.1 Å². The number of para-hydroxylation sites is 2. The van der Waals surface area contributed by atoms with Gasteiger partial charge in [-0.25, -0.2) is 0 Å². The van der Waals surface area contributed by atoms with E-state index in [2.05, 4.69) is 34.1 Å². The van der Waals surface area contributed by atoms with E-state index in [9.17, 15) is 9.59 Å². The second kappa shape index (κ2) is 13.3. The Bertz CT molecular complexity index is 1440. The zero-order valence-electron chi connectivity index (χ0n) is 27.1. The number of hydrogen-bond donors (Lipinski definition) is 1. The van der Waals surface area contributed by atoms with Crippen LogP contribution in [0.15, 0.2) is 36.4 Å². The van der Waals surface area contributed by atoms with Crippen molar-refractivity contribution < 1.29 is 18.6 Å². The SMILES string of the molecule is NC(=O)C[N+]12CC[N+](CCCCCc3cc(Cl)c(CN4CCCC4C(=O)N4CCN(C5CC5)c5ccccc54)cc3Cl)(CC1)CC2. The lowest BCUT2D eigenvalue weighted by molar-refractivity contribution is -1.08. The van der Waals surface area contributed by atoms with Crippen molar-refractivity contribution in [2.75, 3.05) is 81.8 Å². The third-order valence-corrected chi connectivity index (χ3v) is 12.5. The summed E-state index contributed by atoms with van der Waals surface area (Å²) < 4.78 is 2.12. The minimum absolute atomic E-state index is 0.139. The average molecular weight is 670 g/mol. The number of amides is 2. The van der Waals surface area contributed by atoms with Crippen LogP contribution in [0.3, 0.4) is 0 Å². The molecule has 46 heavy (non-hydrogen) atoms. The molecule has 6 aliphatic rings. The summed E-state index contributed by atoms with van der Waals surface area (Å²) in [4.78, 5) is 32.4. The molecule has 1 aliphatic carbocycles. The molecule has 0 aromatic heterocycles. The highest BCUT2D eigenvalue weighted by atomic mass is 35.5. The van der Waals surface area contributed by atoms with Gasteiger partial charge in [-0.2, -0.15) is 0 Å². The average Bonchev–Trinajstić information content (AvgIpc) is 3.80. The fourth-order valence-corrected chi connectivity index (χ4v) is 9.33. The number of carbonyl (C=O) groups excluding carboxylic acids is 2. The highest BCUT2D eigenvalue weighted by molar-refractivity contribution is 6.34. The van der Waals surface area contributed by atoms with Gasteiger partial charge in [0.25, 0.3) is 5.91 Å². The van der Waals surface area contributed by atoms with Crippen molar-refractivity contribution in [1.82, 2.24) is 4.90 Å². The van der Waals surface area contributed by atoms with Crippen LogP contribution in [0.2, 0.25) is 10.0 Å². The number of carbonyl (C=O) groups is 2. The van der Waals surface area contributed by atoms with Gasteiger partial charge in [0.05, 0.1) is 24.0 Å². The summed E-state index contributed by atoms with van der Waals surface area (Å²) in [6.45, 7) is 11.7. The third-order valence-electron chi connectivity index (χ3n) is 11.8. The molecule has 5 aliphatic heterocycles. The molecule has 2 bridgehead atoms. The fraction of sp³-hybridized carbons (Fsp3) is 0.611. The predicted molar refractivity (Wildman–Crippen MR) is 185 cm³/mol. The Balaban J connectivity index is 0.914. The highest BCUT2D eigenvalue weighted by Gasteiger charge is 2.49. The van der Waals surface area contributed by atoms with Gasteiger partial charge in [-0.3, -0.25) is 14.5 Å². The van der Waals surface area contributed by atoms with Gasteiger partial charge in [-0.05, 0) is 93.3 Å². The Kier molecular flexibility index (Phi) is 9.29. The van der Waals surface area contributed by atoms with Crippen LogP contribution in [-0.2, 0) is 22.6 Å². The van der Waals surface area contributed by atoms with E-state index in [1.165, 1.54) is 62.0 Å². The fourth-order valence-electron chi connectivity index (χ4n) is 8.80. The maximum absolute atomic E-state index is 14.0. The molecule has 8 nitrogen and oxygen atoms in total. The van der Waals surface area contributed by atoms with Crippen molar-refractivity contribution in [1.29, 1.82) is 0 Å². The van der Waals surface area contributed by atoms with E-state index in [0.717, 1.165) is 96.3 Å². The summed E-state index contributed by atoms with van der Waals surface area (Å²) in [5.74, 6) is 0.0477. The van der Waals surface area contributed by atoms with Gasteiger partial charge in [-0.15, -0.1) is 0 Å². The van der Waals surface area contributed by atoms with E-state index < -0.39 is 0 Å². The molecular formula is C36H50Cl2N6O2+2. The van der Waals surface area contributed by atoms with Crippen LogP contribution in [-0.4, -0.2) is 110 Å². The van der Waals surface area contributed by atoms with Crippen molar-refractivity contribution >= 4 is 46.4 Å². The Morgan fingerprint density at radius 1 is 0.804 bits per heavy atom. The molecule has 4 saturated heterocycles. The standard InChI is InChI=1S/C36H49Cl2N6O2/c37-30-24-28(31(38)23-27(30)7-2-1-5-16-43-17-20-44(21-18-43,22-19-43)26-35(39)45)25-40-13-6-10-34(40)36(46)42-15-14-41(29-11-12-29)32-8-3-4-9-33(32)42/h3-4,8-9,23-24,29,34H,1-2,5-7,10-22,25-26H2,(H-,39,45)/q+1/p+1. The summed E-state index contributed by atoms with van der Waals surface area (Å²) in [5.41, 5.74) is 9.91. The number of hydrogen-bond acceptors (Lipinski definition) is 4. The molecule has 2 N–H and O–H groups in total. The molecule has 8 rings (SSSR count). The first-order valence-electron chi connectivity index (χ1n) is 17.6. The largest absolute Gasteiger partial charge is 0.365 e. The first-order chi connectivity index (χ1) is 22.2. The molecule has 2 aromatic rings.